The van der Waals surface area contributed by atoms with Crippen LogP contribution in [-0.2, 0) is 4.79 Å². The van der Waals surface area contributed by atoms with Crippen molar-refractivity contribution in [1.29, 1.82) is 0 Å². The summed E-state index contributed by atoms with van der Waals surface area (Å²) in [6.45, 7) is 3.71. The first kappa shape index (κ1) is 13.4. The van der Waals surface area contributed by atoms with Gasteiger partial charge in [-0.05, 0) is 18.6 Å². The molecule has 0 spiro atoms. The average Bonchev–Trinajstić information content (AvgIpc) is 2.26. The van der Waals surface area contributed by atoms with E-state index in [1.165, 1.54) is 32.1 Å². The molecule has 4 heteroatoms. The van der Waals surface area contributed by atoms with Gasteiger partial charge in [0.2, 0.25) is 5.91 Å². The summed E-state index contributed by atoms with van der Waals surface area (Å²) < 4.78 is 0. The first-order valence-corrected chi connectivity index (χ1v) is 6.74. The summed E-state index contributed by atoms with van der Waals surface area (Å²) >= 11 is 5.12. The smallest absolute Gasteiger partial charge is 0.230 e. The van der Waals surface area contributed by atoms with Gasteiger partial charge in [-0.25, -0.2) is 0 Å². The van der Waals surface area contributed by atoms with Crippen molar-refractivity contribution in [3.63, 3.8) is 0 Å². The monoisotopic (exact) mass is 242 g/mol. The van der Waals surface area contributed by atoms with E-state index in [4.69, 9.17) is 12.2 Å². The first-order valence-electron chi connectivity index (χ1n) is 6.34. The largest absolute Gasteiger partial charge is 0.362 e. The summed E-state index contributed by atoms with van der Waals surface area (Å²) in [5.74, 6) is 0.178. The lowest BCUT2D eigenvalue weighted by atomic mass is 10.1. The third-order valence-corrected chi connectivity index (χ3v) is 3.26. The Hall–Kier alpha value is -0.640. The maximum absolute atomic E-state index is 11.6. The molecule has 1 amide bonds. The van der Waals surface area contributed by atoms with Crippen LogP contribution in [0.4, 0.5) is 0 Å². The van der Waals surface area contributed by atoms with Crippen LogP contribution in [0.25, 0.3) is 0 Å². The van der Waals surface area contributed by atoms with Crippen LogP contribution < -0.4 is 5.32 Å². The normalized spacial score (nSPS) is 16.4. The van der Waals surface area contributed by atoms with Crippen molar-refractivity contribution in [3.8, 4) is 0 Å². The summed E-state index contributed by atoms with van der Waals surface area (Å²) in [5.41, 5.74) is 0. The number of nitrogens with one attached hydrogen (secondary N) is 1. The Morgan fingerprint density at radius 2 is 1.94 bits per heavy atom. The van der Waals surface area contributed by atoms with Crippen molar-refractivity contribution in [3.05, 3.63) is 0 Å². The fourth-order valence-electron chi connectivity index (χ4n) is 1.90. The van der Waals surface area contributed by atoms with E-state index in [2.05, 4.69) is 12.2 Å². The summed E-state index contributed by atoms with van der Waals surface area (Å²) in [7, 11) is 0. The second kappa shape index (κ2) is 7.60. The van der Waals surface area contributed by atoms with E-state index in [9.17, 15) is 4.79 Å². The number of carbonyl (C=O) groups excluding carboxylic acids is 1. The fraction of sp³-hybridized carbons (Fsp3) is 0.833. The molecule has 1 aliphatic heterocycles. The molecule has 0 unspecified atom stereocenters. The van der Waals surface area contributed by atoms with E-state index in [0.29, 0.717) is 18.1 Å². The number of amides is 1. The molecule has 0 bridgehead atoms. The Bertz CT molecular complexity index is 227. The Labute approximate surface area is 104 Å². The van der Waals surface area contributed by atoms with Crippen molar-refractivity contribution >= 4 is 23.2 Å². The highest BCUT2D eigenvalue weighted by molar-refractivity contribution is 7.80. The second-order valence-corrected chi connectivity index (χ2v) is 4.68. The van der Waals surface area contributed by atoms with E-state index >= 15 is 0 Å². The Balaban J connectivity index is 2.11. The fourth-order valence-corrected chi connectivity index (χ4v) is 2.19. The van der Waals surface area contributed by atoms with Crippen LogP contribution in [0, 0.1) is 0 Å². The van der Waals surface area contributed by atoms with E-state index in [1.54, 1.807) is 4.90 Å². The Morgan fingerprint density at radius 3 is 2.62 bits per heavy atom. The minimum atomic E-state index is 0.178. The Kier molecular flexibility index (Phi) is 6.38. The van der Waals surface area contributed by atoms with Crippen molar-refractivity contribution < 1.29 is 4.79 Å². The molecule has 0 radical (unpaired) electrons. The first-order chi connectivity index (χ1) is 7.75. The quantitative estimate of drug-likeness (QED) is 0.550. The zero-order valence-corrected chi connectivity index (χ0v) is 10.9. The van der Waals surface area contributed by atoms with Gasteiger partial charge in [-0.3, -0.25) is 9.69 Å². The van der Waals surface area contributed by atoms with Crippen LogP contribution in [0.2, 0.25) is 0 Å². The number of unbranched alkanes of at least 4 members (excludes halogenated alkanes) is 5. The number of thiocarbonyl (C=S) groups is 1. The van der Waals surface area contributed by atoms with Crippen LogP contribution in [0.1, 0.15) is 51.9 Å². The number of carbonyl (C=O) groups is 1. The molecule has 1 heterocycles. The molecule has 16 heavy (non-hydrogen) atoms. The van der Waals surface area contributed by atoms with Crippen molar-refractivity contribution in [2.75, 3.05) is 13.1 Å². The molecule has 0 aromatic heterocycles. The molecule has 1 aliphatic rings. The molecule has 1 rings (SSSR count). The van der Waals surface area contributed by atoms with Gasteiger partial charge in [0.15, 0.2) is 5.11 Å². The predicted octanol–water partition coefficient (Wildman–Crippen LogP) is 2.45. The van der Waals surface area contributed by atoms with Crippen molar-refractivity contribution in [1.82, 2.24) is 10.2 Å². The van der Waals surface area contributed by atoms with Gasteiger partial charge in [0.05, 0.1) is 0 Å². The predicted molar refractivity (Wildman–Crippen MR) is 70.3 cm³/mol. The number of hydrogen-bond acceptors (Lipinski definition) is 2. The summed E-state index contributed by atoms with van der Waals surface area (Å²) in [6.07, 6.45) is 8.03. The molecule has 1 saturated heterocycles. The highest BCUT2D eigenvalue weighted by Gasteiger charge is 2.21. The maximum atomic E-state index is 11.6. The van der Waals surface area contributed by atoms with Gasteiger partial charge in [0.1, 0.15) is 0 Å². The molecule has 0 aliphatic carbocycles. The summed E-state index contributed by atoms with van der Waals surface area (Å²) in [4.78, 5) is 13.3. The van der Waals surface area contributed by atoms with Crippen LogP contribution in [0.3, 0.4) is 0 Å². The highest BCUT2D eigenvalue weighted by atomic mass is 32.1. The molecule has 0 atom stereocenters. The number of rotatable bonds is 7. The van der Waals surface area contributed by atoms with E-state index in [-0.39, 0.29) is 5.91 Å². The molecule has 92 valence electrons. The molecular weight excluding hydrogens is 220 g/mol. The second-order valence-electron chi connectivity index (χ2n) is 4.30. The summed E-state index contributed by atoms with van der Waals surface area (Å²) in [6, 6.07) is 0. The average molecular weight is 242 g/mol. The lowest BCUT2D eigenvalue weighted by molar-refractivity contribution is -0.128. The minimum Gasteiger partial charge on any atom is -0.362 e. The molecule has 1 fully saturated rings. The van der Waals surface area contributed by atoms with Crippen LogP contribution in [-0.4, -0.2) is 29.0 Å². The molecule has 1 N–H and O–H groups in total. The van der Waals surface area contributed by atoms with Crippen molar-refractivity contribution in [2.45, 2.75) is 51.9 Å². The van der Waals surface area contributed by atoms with E-state index < -0.39 is 0 Å². The topological polar surface area (TPSA) is 32.3 Å². The van der Waals surface area contributed by atoms with Gasteiger partial charge >= 0.3 is 0 Å². The SMILES string of the molecule is CCCCCCCCN1C(=O)CCNC1=S. The number of nitrogens with zero attached hydrogens (tertiary/aromatic N) is 1. The number of hydrogen-bond donors (Lipinski definition) is 1. The Morgan fingerprint density at radius 1 is 1.25 bits per heavy atom. The van der Waals surface area contributed by atoms with Crippen molar-refractivity contribution in [2.24, 2.45) is 0 Å². The zero-order chi connectivity index (χ0) is 11.8. The van der Waals surface area contributed by atoms with Gasteiger partial charge < -0.3 is 5.32 Å². The van der Waals surface area contributed by atoms with Gasteiger partial charge in [-0.2, -0.15) is 0 Å². The van der Waals surface area contributed by atoms with Gasteiger partial charge in [0, 0.05) is 19.5 Å². The standard InChI is InChI=1S/C12H22N2OS/c1-2-3-4-5-6-7-10-14-11(15)8-9-13-12(14)16/h2-10H2,1H3,(H,13,16). The molecule has 3 nitrogen and oxygen atoms in total. The lowest BCUT2D eigenvalue weighted by Gasteiger charge is -2.28. The molecular formula is C12H22N2OS. The summed E-state index contributed by atoms with van der Waals surface area (Å²) in [5, 5.41) is 3.68. The molecule has 0 aromatic carbocycles. The molecule has 0 saturated carbocycles. The third-order valence-electron chi connectivity index (χ3n) is 2.90. The lowest BCUT2D eigenvalue weighted by Crippen LogP contribution is -2.49. The van der Waals surface area contributed by atoms with Gasteiger partial charge in [0.25, 0.3) is 0 Å². The van der Waals surface area contributed by atoms with Crippen LogP contribution in [0.15, 0.2) is 0 Å². The van der Waals surface area contributed by atoms with Crippen LogP contribution >= 0.6 is 12.2 Å². The van der Waals surface area contributed by atoms with Crippen LogP contribution in [0.5, 0.6) is 0 Å². The maximum Gasteiger partial charge on any atom is 0.230 e. The van der Waals surface area contributed by atoms with E-state index in [1.807, 2.05) is 0 Å². The van der Waals surface area contributed by atoms with Gasteiger partial charge in [-0.1, -0.05) is 39.0 Å². The minimum absolute atomic E-state index is 0.178. The third kappa shape index (κ3) is 4.47. The highest BCUT2D eigenvalue weighted by Crippen LogP contribution is 2.08. The van der Waals surface area contributed by atoms with E-state index in [0.717, 1.165) is 13.0 Å². The zero-order valence-electron chi connectivity index (χ0n) is 10.1. The molecule has 0 aromatic rings. The van der Waals surface area contributed by atoms with Gasteiger partial charge in [-0.15, -0.1) is 0 Å².